The van der Waals surface area contributed by atoms with E-state index in [4.69, 9.17) is 4.74 Å². The molecule has 0 saturated carbocycles. The minimum absolute atomic E-state index is 0.146. The zero-order valence-electron chi connectivity index (χ0n) is 16.5. The number of thiophene rings is 1. The number of nitrogens with zero attached hydrogens (tertiary/aromatic N) is 3. The first kappa shape index (κ1) is 20.2. The second-order valence-corrected chi connectivity index (χ2v) is 8.25. The third kappa shape index (κ3) is 4.40. The van der Waals surface area contributed by atoms with E-state index in [0.717, 1.165) is 29.5 Å². The topological polar surface area (TPSA) is 84.4 Å². The van der Waals surface area contributed by atoms with Crippen LogP contribution in [0.5, 0.6) is 5.88 Å². The molecule has 0 unspecified atom stereocenters. The summed E-state index contributed by atoms with van der Waals surface area (Å²) in [6, 6.07) is 5.42. The van der Waals surface area contributed by atoms with Gasteiger partial charge in [-0.2, -0.15) is 0 Å². The Morgan fingerprint density at radius 1 is 1.20 bits per heavy atom. The normalized spacial score (nSPS) is 13.0. The highest BCUT2D eigenvalue weighted by Gasteiger charge is 2.21. The van der Waals surface area contributed by atoms with Crippen molar-refractivity contribution in [1.82, 2.24) is 14.9 Å². The van der Waals surface area contributed by atoms with E-state index in [1.54, 1.807) is 11.3 Å². The number of likely N-dealkylation sites (N-methyl/N-ethyl adjacent to an activating group) is 1. The van der Waals surface area contributed by atoms with Crippen molar-refractivity contribution < 1.29 is 18.7 Å². The molecule has 1 aromatic carbocycles. The molecule has 0 saturated heterocycles. The summed E-state index contributed by atoms with van der Waals surface area (Å²) >= 11 is 1.66. The number of carbonyl (C=O) groups excluding carboxylic acids is 2. The molecule has 9 heteroatoms. The lowest BCUT2D eigenvalue weighted by atomic mass is 9.97. The van der Waals surface area contributed by atoms with Gasteiger partial charge < -0.3 is 15.0 Å². The number of carbonyl (C=O) groups is 2. The van der Waals surface area contributed by atoms with Crippen molar-refractivity contribution in [1.29, 1.82) is 0 Å². The maximum atomic E-state index is 12.9. The highest BCUT2D eigenvalue weighted by Crippen LogP contribution is 2.38. The molecule has 7 nitrogen and oxygen atoms in total. The van der Waals surface area contributed by atoms with Gasteiger partial charge in [0.1, 0.15) is 17.0 Å². The van der Waals surface area contributed by atoms with E-state index in [1.807, 2.05) is 0 Å². The molecule has 4 rings (SSSR count). The standard InChI is InChI=1S/C21H21FN4O3S/c1-26(10-17(27)25-14-8-6-13(22)7-9-14)18(28)11-29-20-19-15-4-2-3-5-16(15)30-21(19)24-12-23-20/h6-9,12H,2-5,10-11H2,1H3,(H,25,27). The second kappa shape index (κ2) is 8.74. The molecular weight excluding hydrogens is 407 g/mol. The van der Waals surface area contributed by atoms with Crippen molar-refractivity contribution in [2.75, 3.05) is 25.5 Å². The lowest BCUT2D eigenvalue weighted by Crippen LogP contribution is -2.37. The zero-order valence-corrected chi connectivity index (χ0v) is 17.3. The van der Waals surface area contributed by atoms with Gasteiger partial charge >= 0.3 is 0 Å². The number of rotatable bonds is 6. The number of aryl methyl sites for hydroxylation is 2. The van der Waals surface area contributed by atoms with E-state index in [1.165, 1.54) is 59.4 Å². The maximum absolute atomic E-state index is 12.9. The lowest BCUT2D eigenvalue weighted by molar-refractivity contribution is -0.135. The quantitative estimate of drug-likeness (QED) is 0.652. The molecule has 2 heterocycles. The van der Waals surface area contributed by atoms with Crippen molar-refractivity contribution in [3.05, 3.63) is 46.9 Å². The molecule has 0 aliphatic heterocycles. The molecule has 30 heavy (non-hydrogen) atoms. The molecule has 3 aromatic rings. The van der Waals surface area contributed by atoms with Crippen LogP contribution >= 0.6 is 11.3 Å². The maximum Gasteiger partial charge on any atom is 0.260 e. The minimum Gasteiger partial charge on any atom is -0.467 e. The van der Waals surface area contributed by atoms with Crippen LogP contribution in [-0.4, -0.2) is 46.9 Å². The Bertz CT molecular complexity index is 1080. The van der Waals surface area contributed by atoms with Crippen LogP contribution in [0.4, 0.5) is 10.1 Å². The van der Waals surface area contributed by atoms with Crippen LogP contribution in [0, 0.1) is 5.82 Å². The molecule has 1 aliphatic carbocycles. The molecule has 0 atom stereocenters. The van der Waals surface area contributed by atoms with Crippen molar-refractivity contribution in [3.63, 3.8) is 0 Å². The minimum atomic E-state index is -0.386. The fraction of sp³-hybridized carbons (Fsp3) is 0.333. The van der Waals surface area contributed by atoms with Crippen molar-refractivity contribution in [2.24, 2.45) is 0 Å². The van der Waals surface area contributed by atoms with Crippen LogP contribution in [0.25, 0.3) is 10.2 Å². The Labute approximate surface area is 176 Å². The Balaban J connectivity index is 1.36. The van der Waals surface area contributed by atoms with E-state index in [9.17, 15) is 14.0 Å². The van der Waals surface area contributed by atoms with E-state index in [-0.39, 0.29) is 30.8 Å². The third-order valence-electron chi connectivity index (χ3n) is 4.98. The summed E-state index contributed by atoms with van der Waals surface area (Å²) in [5.74, 6) is -0.700. The first-order chi connectivity index (χ1) is 14.5. The number of benzene rings is 1. The van der Waals surface area contributed by atoms with Gasteiger partial charge in [0.05, 0.1) is 11.9 Å². The van der Waals surface area contributed by atoms with E-state index < -0.39 is 0 Å². The molecule has 0 spiro atoms. The van der Waals surface area contributed by atoms with Crippen LogP contribution in [0.2, 0.25) is 0 Å². The second-order valence-electron chi connectivity index (χ2n) is 7.16. The molecule has 0 bridgehead atoms. The molecule has 0 fully saturated rings. The van der Waals surface area contributed by atoms with Gasteiger partial charge in [0.25, 0.3) is 5.91 Å². The van der Waals surface area contributed by atoms with Crippen LogP contribution < -0.4 is 10.1 Å². The zero-order chi connectivity index (χ0) is 21.1. The van der Waals surface area contributed by atoms with Crippen LogP contribution in [0.15, 0.2) is 30.6 Å². The first-order valence-corrected chi connectivity index (χ1v) is 10.5. The first-order valence-electron chi connectivity index (χ1n) is 9.68. The van der Waals surface area contributed by atoms with Crippen molar-refractivity contribution in [3.8, 4) is 5.88 Å². The van der Waals surface area contributed by atoms with Gasteiger partial charge in [0, 0.05) is 17.6 Å². The van der Waals surface area contributed by atoms with Gasteiger partial charge in [-0.1, -0.05) is 0 Å². The summed E-state index contributed by atoms with van der Waals surface area (Å²) in [6.07, 6.45) is 5.76. The molecule has 2 aromatic heterocycles. The lowest BCUT2D eigenvalue weighted by Gasteiger charge is -2.17. The summed E-state index contributed by atoms with van der Waals surface area (Å²) < 4.78 is 18.7. The highest BCUT2D eigenvalue weighted by molar-refractivity contribution is 7.18. The average molecular weight is 428 g/mol. The van der Waals surface area contributed by atoms with Gasteiger partial charge in [-0.05, 0) is 55.5 Å². The molecule has 0 radical (unpaired) electrons. The molecule has 156 valence electrons. The predicted octanol–water partition coefficient (Wildman–Crippen LogP) is 3.19. The molecular formula is C21H21FN4O3S. The summed E-state index contributed by atoms with van der Waals surface area (Å²) in [5.41, 5.74) is 1.69. The summed E-state index contributed by atoms with van der Waals surface area (Å²) in [4.78, 5) is 36.6. The number of nitrogens with one attached hydrogen (secondary N) is 1. The number of anilines is 1. The number of ether oxygens (including phenoxy) is 1. The summed E-state index contributed by atoms with van der Waals surface area (Å²) in [7, 11) is 1.53. The Hall–Kier alpha value is -3.07. The fourth-order valence-electron chi connectivity index (χ4n) is 3.45. The predicted molar refractivity (Wildman–Crippen MR) is 112 cm³/mol. The van der Waals surface area contributed by atoms with E-state index in [2.05, 4.69) is 15.3 Å². The van der Waals surface area contributed by atoms with E-state index >= 15 is 0 Å². The van der Waals surface area contributed by atoms with Crippen LogP contribution in [0.3, 0.4) is 0 Å². The van der Waals surface area contributed by atoms with Crippen molar-refractivity contribution in [2.45, 2.75) is 25.7 Å². The molecule has 1 aliphatic rings. The van der Waals surface area contributed by atoms with Crippen LogP contribution in [0.1, 0.15) is 23.3 Å². The smallest absolute Gasteiger partial charge is 0.260 e. The number of fused-ring (bicyclic) bond motifs is 3. The number of hydrogen-bond acceptors (Lipinski definition) is 6. The molecule has 2 amide bonds. The largest absolute Gasteiger partial charge is 0.467 e. The van der Waals surface area contributed by atoms with Crippen LogP contribution in [-0.2, 0) is 22.4 Å². The number of aromatic nitrogens is 2. The monoisotopic (exact) mass is 428 g/mol. The van der Waals surface area contributed by atoms with Gasteiger partial charge in [-0.25, -0.2) is 14.4 Å². The average Bonchev–Trinajstić information content (AvgIpc) is 3.12. The Morgan fingerprint density at radius 2 is 1.97 bits per heavy atom. The third-order valence-corrected chi connectivity index (χ3v) is 6.18. The number of hydrogen-bond donors (Lipinski definition) is 1. The Kier molecular flexibility index (Phi) is 5.89. The van der Waals surface area contributed by atoms with Crippen molar-refractivity contribution >= 4 is 39.1 Å². The SMILES string of the molecule is CN(CC(=O)Nc1ccc(F)cc1)C(=O)COc1ncnc2sc3c(c12)CCCC3. The molecule has 1 N–H and O–H groups in total. The number of amides is 2. The van der Waals surface area contributed by atoms with Gasteiger partial charge in [-0.3, -0.25) is 9.59 Å². The summed E-state index contributed by atoms with van der Waals surface area (Å²) in [5, 5.41) is 3.53. The van der Waals surface area contributed by atoms with E-state index in [0.29, 0.717) is 11.6 Å². The van der Waals surface area contributed by atoms with Gasteiger partial charge in [-0.15, -0.1) is 11.3 Å². The highest BCUT2D eigenvalue weighted by atomic mass is 32.1. The number of halogens is 1. The Morgan fingerprint density at radius 3 is 2.77 bits per heavy atom. The fourth-order valence-corrected chi connectivity index (χ4v) is 4.67. The van der Waals surface area contributed by atoms with Gasteiger partial charge in [0.2, 0.25) is 11.8 Å². The van der Waals surface area contributed by atoms with Gasteiger partial charge in [0.15, 0.2) is 6.61 Å². The summed E-state index contributed by atoms with van der Waals surface area (Å²) in [6.45, 7) is -0.371.